The zero-order valence-corrected chi connectivity index (χ0v) is 12.8. The molecule has 0 unspecified atom stereocenters. The third kappa shape index (κ3) is 2.80. The monoisotopic (exact) mass is 349 g/mol. The highest BCUT2D eigenvalue weighted by Gasteiger charge is 2.17. The highest BCUT2D eigenvalue weighted by atomic mass is 79.9. The van der Waals surface area contributed by atoms with Crippen LogP contribution in [0.3, 0.4) is 0 Å². The minimum atomic E-state index is -0.234. The summed E-state index contributed by atoms with van der Waals surface area (Å²) in [6.07, 6.45) is 0. The van der Waals surface area contributed by atoms with Crippen LogP contribution in [-0.2, 0) is 0 Å². The number of carbonyl (C=O) groups excluding carboxylic acids is 1. The first-order valence-electron chi connectivity index (χ1n) is 6.22. The van der Waals surface area contributed by atoms with Crippen molar-refractivity contribution in [3.63, 3.8) is 0 Å². The van der Waals surface area contributed by atoms with Gasteiger partial charge in [0.15, 0.2) is 11.5 Å². The van der Waals surface area contributed by atoms with E-state index in [-0.39, 0.29) is 12.7 Å². The molecular formula is C15H12BrNO4. The summed E-state index contributed by atoms with van der Waals surface area (Å²) >= 11 is 3.40. The summed E-state index contributed by atoms with van der Waals surface area (Å²) in [6.45, 7) is 0.182. The first kappa shape index (κ1) is 13.8. The lowest BCUT2D eigenvalue weighted by Gasteiger charge is -2.09. The van der Waals surface area contributed by atoms with Crippen LogP contribution in [-0.4, -0.2) is 19.8 Å². The first-order valence-corrected chi connectivity index (χ1v) is 7.01. The number of nitrogens with one attached hydrogen (secondary N) is 1. The Morgan fingerprint density at radius 3 is 2.81 bits per heavy atom. The number of halogens is 1. The molecule has 21 heavy (non-hydrogen) atoms. The summed E-state index contributed by atoms with van der Waals surface area (Å²) in [7, 11) is 1.58. The number of fused-ring (bicyclic) bond motifs is 1. The molecule has 1 N–H and O–H groups in total. The summed E-state index contributed by atoms with van der Waals surface area (Å²) < 4.78 is 16.4. The minimum Gasteiger partial charge on any atom is -0.497 e. The lowest BCUT2D eigenvalue weighted by atomic mass is 10.2. The number of amides is 1. The predicted octanol–water partition coefficient (Wildman–Crippen LogP) is 3.44. The summed E-state index contributed by atoms with van der Waals surface area (Å²) in [6, 6.07) is 10.4. The summed E-state index contributed by atoms with van der Waals surface area (Å²) in [4.78, 5) is 12.3. The Kier molecular flexibility index (Phi) is 3.70. The Balaban J connectivity index is 1.83. The van der Waals surface area contributed by atoms with Gasteiger partial charge in [-0.3, -0.25) is 4.79 Å². The van der Waals surface area contributed by atoms with Crippen LogP contribution >= 0.6 is 15.9 Å². The molecule has 1 amide bonds. The van der Waals surface area contributed by atoms with E-state index in [1.165, 1.54) is 0 Å². The summed E-state index contributed by atoms with van der Waals surface area (Å²) in [5.74, 6) is 1.66. The molecule has 0 atom stereocenters. The molecule has 0 aliphatic carbocycles. The van der Waals surface area contributed by atoms with Gasteiger partial charge in [-0.2, -0.15) is 0 Å². The van der Waals surface area contributed by atoms with Gasteiger partial charge in [0.25, 0.3) is 5.91 Å². The van der Waals surface area contributed by atoms with E-state index in [2.05, 4.69) is 21.2 Å². The van der Waals surface area contributed by atoms with Crippen LogP contribution in [0.1, 0.15) is 10.4 Å². The molecule has 1 heterocycles. The van der Waals surface area contributed by atoms with Crippen LogP contribution in [0.2, 0.25) is 0 Å². The van der Waals surface area contributed by atoms with E-state index in [0.717, 1.165) is 4.47 Å². The molecule has 0 spiro atoms. The molecular weight excluding hydrogens is 338 g/mol. The molecule has 0 aromatic heterocycles. The molecule has 0 saturated carbocycles. The second kappa shape index (κ2) is 5.65. The molecule has 2 aromatic rings. The molecule has 1 aliphatic heterocycles. The number of benzene rings is 2. The van der Waals surface area contributed by atoms with Gasteiger partial charge < -0.3 is 19.5 Å². The number of hydrogen-bond acceptors (Lipinski definition) is 4. The van der Waals surface area contributed by atoms with E-state index in [4.69, 9.17) is 14.2 Å². The van der Waals surface area contributed by atoms with Crippen molar-refractivity contribution in [1.82, 2.24) is 0 Å². The number of ether oxygens (including phenoxy) is 3. The highest BCUT2D eigenvalue weighted by molar-refractivity contribution is 9.10. The standard InChI is InChI=1S/C15H12BrNO4/c1-19-10-3-4-11(16)12(7-10)17-15(18)9-2-5-13-14(6-9)21-8-20-13/h2-7H,8H2,1H3,(H,17,18). The van der Waals surface area contributed by atoms with E-state index < -0.39 is 0 Å². The summed E-state index contributed by atoms with van der Waals surface area (Å²) in [5.41, 5.74) is 1.13. The first-order chi connectivity index (χ1) is 10.2. The molecule has 1 aliphatic rings. The molecule has 2 aromatic carbocycles. The van der Waals surface area contributed by atoms with Crippen LogP contribution < -0.4 is 19.5 Å². The van der Waals surface area contributed by atoms with Crippen LogP contribution in [0.5, 0.6) is 17.2 Å². The van der Waals surface area contributed by atoms with Gasteiger partial charge in [-0.15, -0.1) is 0 Å². The fraction of sp³-hybridized carbons (Fsp3) is 0.133. The van der Waals surface area contributed by atoms with Crippen molar-refractivity contribution in [3.8, 4) is 17.2 Å². The van der Waals surface area contributed by atoms with Crippen molar-refractivity contribution >= 4 is 27.5 Å². The Labute approximate surface area is 129 Å². The molecule has 0 fully saturated rings. The van der Waals surface area contributed by atoms with Crippen LogP contribution in [0, 0.1) is 0 Å². The van der Waals surface area contributed by atoms with E-state index in [9.17, 15) is 4.79 Å². The Bertz CT molecular complexity index is 702. The van der Waals surface area contributed by atoms with Gasteiger partial charge in [-0.1, -0.05) is 0 Å². The fourth-order valence-corrected chi connectivity index (χ4v) is 2.31. The van der Waals surface area contributed by atoms with Crippen molar-refractivity contribution in [2.24, 2.45) is 0 Å². The van der Waals surface area contributed by atoms with Crippen molar-refractivity contribution in [1.29, 1.82) is 0 Å². The van der Waals surface area contributed by atoms with Crippen molar-refractivity contribution in [2.45, 2.75) is 0 Å². The fourth-order valence-electron chi connectivity index (χ4n) is 1.96. The van der Waals surface area contributed by atoms with Gasteiger partial charge in [0.2, 0.25) is 6.79 Å². The maximum absolute atomic E-state index is 12.3. The van der Waals surface area contributed by atoms with E-state index >= 15 is 0 Å². The van der Waals surface area contributed by atoms with Gasteiger partial charge >= 0.3 is 0 Å². The third-order valence-corrected chi connectivity index (χ3v) is 3.75. The largest absolute Gasteiger partial charge is 0.497 e. The zero-order valence-electron chi connectivity index (χ0n) is 11.2. The molecule has 0 radical (unpaired) electrons. The summed E-state index contributed by atoms with van der Waals surface area (Å²) in [5, 5.41) is 2.83. The molecule has 108 valence electrons. The Hall–Kier alpha value is -2.21. The number of rotatable bonds is 3. The normalized spacial score (nSPS) is 12.1. The Morgan fingerprint density at radius 1 is 1.19 bits per heavy atom. The molecule has 5 nitrogen and oxygen atoms in total. The molecule has 0 bridgehead atoms. The topological polar surface area (TPSA) is 56.8 Å². The van der Waals surface area contributed by atoms with E-state index in [1.807, 2.05) is 6.07 Å². The molecule has 3 rings (SSSR count). The second-order valence-corrected chi connectivity index (χ2v) is 5.22. The Morgan fingerprint density at radius 2 is 2.00 bits per heavy atom. The van der Waals surface area contributed by atoms with Crippen LogP contribution in [0.15, 0.2) is 40.9 Å². The van der Waals surface area contributed by atoms with Crippen molar-refractivity contribution in [3.05, 3.63) is 46.4 Å². The average molecular weight is 350 g/mol. The van der Waals surface area contributed by atoms with Gasteiger partial charge in [0, 0.05) is 16.1 Å². The van der Waals surface area contributed by atoms with Crippen LogP contribution in [0.4, 0.5) is 5.69 Å². The maximum atomic E-state index is 12.3. The van der Waals surface area contributed by atoms with E-state index in [0.29, 0.717) is 28.5 Å². The van der Waals surface area contributed by atoms with Gasteiger partial charge in [0.05, 0.1) is 12.8 Å². The number of hydrogen-bond donors (Lipinski definition) is 1. The lowest BCUT2D eigenvalue weighted by Crippen LogP contribution is -2.12. The number of methoxy groups -OCH3 is 1. The molecule has 0 saturated heterocycles. The predicted molar refractivity (Wildman–Crippen MR) is 81.2 cm³/mol. The molecule has 6 heteroatoms. The average Bonchev–Trinajstić information content (AvgIpc) is 2.96. The minimum absolute atomic E-state index is 0.182. The smallest absolute Gasteiger partial charge is 0.255 e. The third-order valence-electron chi connectivity index (χ3n) is 3.06. The quantitative estimate of drug-likeness (QED) is 0.922. The van der Waals surface area contributed by atoms with Crippen molar-refractivity contribution in [2.75, 3.05) is 19.2 Å². The van der Waals surface area contributed by atoms with Gasteiger partial charge in [-0.25, -0.2) is 0 Å². The van der Waals surface area contributed by atoms with E-state index in [1.54, 1.807) is 37.4 Å². The van der Waals surface area contributed by atoms with Crippen molar-refractivity contribution < 1.29 is 19.0 Å². The number of carbonyl (C=O) groups is 1. The van der Waals surface area contributed by atoms with Crippen LogP contribution in [0.25, 0.3) is 0 Å². The highest BCUT2D eigenvalue weighted by Crippen LogP contribution is 2.33. The lowest BCUT2D eigenvalue weighted by molar-refractivity contribution is 0.102. The zero-order chi connectivity index (χ0) is 14.8. The number of anilines is 1. The van der Waals surface area contributed by atoms with Gasteiger partial charge in [-0.05, 0) is 46.3 Å². The van der Waals surface area contributed by atoms with Gasteiger partial charge in [0.1, 0.15) is 5.75 Å². The SMILES string of the molecule is COc1ccc(Br)c(NC(=O)c2ccc3c(c2)OCO3)c1. The second-order valence-electron chi connectivity index (χ2n) is 4.37. The maximum Gasteiger partial charge on any atom is 0.255 e.